The molecule has 19 heavy (non-hydrogen) atoms. The van der Waals surface area contributed by atoms with Crippen molar-refractivity contribution in [1.82, 2.24) is 4.98 Å². The van der Waals surface area contributed by atoms with Crippen molar-refractivity contribution >= 4 is 5.69 Å². The molecule has 0 saturated heterocycles. The predicted molar refractivity (Wildman–Crippen MR) is 79.2 cm³/mol. The molecule has 1 aromatic heterocycles. The molecular formula is C16H20N2O. The number of hydrogen-bond donors (Lipinski definition) is 1. The fourth-order valence-corrected chi connectivity index (χ4v) is 1.86. The quantitative estimate of drug-likeness (QED) is 0.849. The van der Waals surface area contributed by atoms with Crippen LogP contribution < -0.4 is 10.5 Å². The Hall–Kier alpha value is -2.03. The van der Waals surface area contributed by atoms with Gasteiger partial charge in [0.15, 0.2) is 0 Å². The summed E-state index contributed by atoms with van der Waals surface area (Å²) in [7, 11) is 0. The highest BCUT2D eigenvalue weighted by atomic mass is 16.5. The molecule has 2 rings (SSSR count). The summed E-state index contributed by atoms with van der Waals surface area (Å²) in [4.78, 5) is 4.21. The Labute approximate surface area is 114 Å². The summed E-state index contributed by atoms with van der Waals surface area (Å²) in [5.74, 6) is 1.31. The lowest BCUT2D eigenvalue weighted by atomic mass is 10.1. The first-order valence-electron chi connectivity index (χ1n) is 6.51. The van der Waals surface area contributed by atoms with Gasteiger partial charge in [-0.15, -0.1) is 0 Å². The Morgan fingerprint density at radius 3 is 2.63 bits per heavy atom. The molecule has 0 radical (unpaired) electrons. The van der Waals surface area contributed by atoms with E-state index in [2.05, 4.69) is 18.8 Å². The van der Waals surface area contributed by atoms with Gasteiger partial charge in [-0.25, -0.2) is 0 Å². The lowest BCUT2D eigenvalue weighted by Crippen LogP contribution is -2.04. The van der Waals surface area contributed by atoms with Crippen LogP contribution in [0.3, 0.4) is 0 Å². The van der Waals surface area contributed by atoms with Crippen molar-refractivity contribution in [2.24, 2.45) is 5.92 Å². The smallest absolute Gasteiger partial charge is 0.121 e. The highest BCUT2D eigenvalue weighted by Crippen LogP contribution is 2.27. The monoisotopic (exact) mass is 256 g/mol. The highest BCUT2D eigenvalue weighted by molar-refractivity contribution is 5.69. The van der Waals surface area contributed by atoms with Crippen LogP contribution in [0.4, 0.5) is 5.69 Å². The Balaban J connectivity index is 2.31. The minimum atomic E-state index is 0.494. The van der Waals surface area contributed by atoms with Crippen LogP contribution in [0.1, 0.15) is 19.5 Å². The van der Waals surface area contributed by atoms with Crippen molar-refractivity contribution in [3.63, 3.8) is 0 Å². The van der Waals surface area contributed by atoms with Crippen molar-refractivity contribution in [3.8, 4) is 16.9 Å². The van der Waals surface area contributed by atoms with Gasteiger partial charge in [0, 0.05) is 23.6 Å². The number of ether oxygens (including phenoxy) is 1. The highest BCUT2D eigenvalue weighted by Gasteiger charge is 2.04. The van der Waals surface area contributed by atoms with E-state index >= 15 is 0 Å². The van der Waals surface area contributed by atoms with Crippen molar-refractivity contribution in [2.75, 3.05) is 12.3 Å². The summed E-state index contributed by atoms with van der Waals surface area (Å²) in [5.41, 5.74) is 9.81. The minimum absolute atomic E-state index is 0.494. The van der Waals surface area contributed by atoms with Gasteiger partial charge in [-0.05, 0) is 48.2 Å². The Bertz CT molecular complexity index is 564. The molecule has 2 aromatic rings. The van der Waals surface area contributed by atoms with Crippen molar-refractivity contribution in [3.05, 3.63) is 42.2 Å². The summed E-state index contributed by atoms with van der Waals surface area (Å²) in [6, 6.07) is 9.86. The standard InChI is InChI=1S/C16H20N2O/c1-11(2)10-19-16-8-14(7-15(17)9-16)13-4-5-18-12(3)6-13/h4-9,11H,10,17H2,1-3H3. The zero-order valence-electron chi connectivity index (χ0n) is 11.7. The summed E-state index contributed by atoms with van der Waals surface area (Å²) < 4.78 is 5.75. The van der Waals surface area contributed by atoms with E-state index in [1.807, 2.05) is 43.5 Å². The van der Waals surface area contributed by atoms with E-state index < -0.39 is 0 Å². The van der Waals surface area contributed by atoms with Crippen molar-refractivity contribution in [1.29, 1.82) is 0 Å². The van der Waals surface area contributed by atoms with E-state index in [0.717, 1.165) is 22.6 Å². The maximum Gasteiger partial charge on any atom is 0.121 e. The maximum absolute atomic E-state index is 5.95. The third-order valence-electron chi connectivity index (χ3n) is 2.74. The second-order valence-corrected chi connectivity index (χ2v) is 5.18. The number of hydrogen-bond acceptors (Lipinski definition) is 3. The third kappa shape index (κ3) is 3.71. The van der Waals surface area contributed by atoms with Crippen LogP contribution in [0, 0.1) is 12.8 Å². The summed E-state index contributed by atoms with van der Waals surface area (Å²) in [6.07, 6.45) is 1.81. The lowest BCUT2D eigenvalue weighted by Gasteiger charge is -2.11. The van der Waals surface area contributed by atoms with E-state index in [1.54, 1.807) is 0 Å². The van der Waals surface area contributed by atoms with E-state index in [1.165, 1.54) is 0 Å². The molecule has 0 saturated carbocycles. The normalized spacial score (nSPS) is 10.7. The molecule has 0 unspecified atom stereocenters. The van der Waals surface area contributed by atoms with Crippen molar-refractivity contribution in [2.45, 2.75) is 20.8 Å². The van der Waals surface area contributed by atoms with Gasteiger partial charge in [0.2, 0.25) is 0 Å². The number of nitrogens with zero attached hydrogens (tertiary/aromatic N) is 1. The van der Waals surface area contributed by atoms with E-state index in [9.17, 15) is 0 Å². The number of nitrogens with two attached hydrogens (primary N) is 1. The predicted octanol–water partition coefficient (Wildman–Crippen LogP) is 3.67. The largest absolute Gasteiger partial charge is 0.493 e. The molecule has 0 fully saturated rings. The number of aromatic nitrogens is 1. The van der Waals surface area contributed by atoms with E-state index in [0.29, 0.717) is 18.2 Å². The van der Waals surface area contributed by atoms with Gasteiger partial charge in [-0.3, -0.25) is 4.98 Å². The number of rotatable bonds is 4. The number of benzene rings is 1. The number of aryl methyl sites for hydroxylation is 1. The molecular weight excluding hydrogens is 236 g/mol. The van der Waals surface area contributed by atoms with Crippen LogP contribution in [0.15, 0.2) is 36.5 Å². The average molecular weight is 256 g/mol. The second-order valence-electron chi connectivity index (χ2n) is 5.18. The van der Waals surface area contributed by atoms with Crippen LogP contribution in [0.5, 0.6) is 5.75 Å². The van der Waals surface area contributed by atoms with Gasteiger partial charge in [0.1, 0.15) is 5.75 Å². The third-order valence-corrected chi connectivity index (χ3v) is 2.74. The molecule has 1 aromatic carbocycles. The first-order valence-corrected chi connectivity index (χ1v) is 6.51. The number of pyridine rings is 1. The summed E-state index contributed by atoms with van der Waals surface area (Å²) in [5, 5.41) is 0. The molecule has 3 heteroatoms. The molecule has 0 spiro atoms. The Morgan fingerprint density at radius 1 is 1.16 bits per heavy atom. The molecule has 0 atom stereocenters. The molecule has 2 N–H and O–H groups in total. The molecule has 100 valence electrons. The summed E-state index contributed by atoms with van der Waals surface area (Å²) >= 11 is 0. The first-order chi connectivity index (χ1) is 9.04. The molecule has 3 nitrogen and oxygen atoms in total. The van der Waals surface area contributed by atoms with Gasteiger partial charge < -0.3 is 10.5 Å². The van der Waals surface area contributed by atoms with Gasteiger partial charge >= 0.3 is 0 Å². The fraction of sp³-hybridized carbons (Fsp3) is 0.312. The SMILES string of the molecule is Cc1cc(-c2cc(N)cc(OCC(C)C)c2)ccn1. The molecule has 1 heterocycles. The lowest BCUT2D eigenvalue weighted by molar-refractivity contribution is 0.271. The topological polar surface area (TPSA) is 48.1 Å². The van der Waals surface area contributed by atoms with Crippen LogP contribution in [-0.4, -0.2) is 11.6 Å². The van der Waals surface area contributed by atoms with E-state index in [4.69, 9.17) is 10.5 Å². The zero-order valence-corrected chi connectivity index (χ0v) is 11.7. The van der Waals surface area contributed by atoms with Gasteiger partial charge in [0.05, 0.1) is 6.61 Å². The zero-order chi connectivity index (χ0) is 13.8. The molecule has 0 aliphatic rings. The molecule has 0 amide bonds. The van der Waals surface area contributed by atoms with Crippen LogP contribution >= 0.6 is 0 Å². The number of anilines is 1. The van der Waals surface area contributed by atoms with Gasteiger partial charge in [-0.1, -0.05) is 13.8 Å². The second kappa shape index (κ2) is 5.74. The Kier molecular flexibility index (Phi) is 4.05. The van der Waals surface area contributed by atoms with E-state index in [-0.39, 0.29) is 0 Å². The molecule has 0 bridgehead atoms. The van der Waals surface area contributed by atoms with Crippen LogP contribution in [0.25, 0.3) is 11.1 Å². The van der Waals surface area contributed by atoms with Crippen molar-refractivity contribution < 1.29 is 4.74 Å². The van der Waals surface area contributed by atoms with Gasteiger partial charge in [-0.2, -0.15) is 0 Å². The first kappa shape index (κ1) is 13.4. The molecule has 0 aliphatic carbocycles. The number of nitrogen functional groups attached to an aromatic ring is 1. The Morgan fingerprint density at radius 2 is 1.95 bits per heavy atom. The van der Waals surface area contributed by atoms with Crippen LogP contribution in [-0.2, 0) is 0 Å². The van der Waals surface area contributed by atoms with Gasteiger partial charge in [0.25, 0.3) is 0 Å². The molecule has 0 aliphatic heterocycles. The summed E-state index contributed by atoms with van der Waals surface area (Å²) in [6.45, 7) is 6.92. The average Bonchev–Trinajstić information content (AvgIpc) is 2.36. The maximum atomic E-state index is 5.95. The fourth-order valence-electron chi connectivity index (χ4n) is 1.86. The minimum Gasteiger partial charge on any atom is -0.493 e. The van der Waals surface area contributed by atoms with Crippen LogP contribution in [0.2, 0.25) is 0 Å².